The normalized spacial score (nSPS) is 20.2. The highest BCUT2D eigenvalue weighted by Crippen LogP contribution is 2.41. The lowest BCUT2D eigenvalue weighted by Gasteiger charge is -2.29. The molecule has 286 valence electrons. The van der Waals surface area contributed by atoms with Gasteiger partial charge in [-0.15, -0.1) is 23.5 Å². The quantitative estimate of drug-likeness (QED) is 0.0840. The Morgan fingerprint density at radius 1 is 0.667 bits per heavy atom. The SMILES string of the molecule is O=C(Nc1ccc(F)c(F)c1)c1ccc(Cl)c(SC2CCC(Oc3cc(F)c(SC4CCCC[C@@H](O)C4)cc3C(=O)Nc3cc(F)c(F)c(F)c3)CC2)c1. The summed E-state index contributed by atoms with van der Waals surface area (Å²) >= 11 is 9.15. The second-order valence-electron chi connectivity index (χ2n) is 13.3. The van der Waals surface area contributed by atoms with E-state index in [1.165, 1.54) is 41.7 Å². The van der Waals surface area contributed by atoms with E-state index < -0.39 is 58.9 Å². The minimum absolute atomic E-state index is 0.0586. The summed E-state index contributed by atoms with van der Waals surface area (Å²) in [5.41, 5.74) is -0.0673. The van der Waals surface area contributed by atoms with E-state index in [0.29, 0.717) is 60.6 Å². The van der Waals surface area contributed by atoms with Crippen LogP contribution in [0, 0.1) is 34.9 Å². The third-order valence-corrected chi connectivity index (χ3v) is 12.4. The topological polar surface area (TPSA) is 87.7 Å². The van der Waals surface area contributed by atoms with E-state index >= 15 is 4.39 Å². The van der Waals surface area contributed by atoms with Crippen molar-refractivity contribution in [2.24, 2.45) is 0 Å². The minimum atomic E-state index is -1.68. The summed E-state index contributed by atoms with van der Waals surface area (Å²) in [6, 6.07) is 11.5. The van der Waals surface area contributed by atoms with Crippen molar-refractivity contribution in [3.05, 3.63) is 112 Å². The van der Waals surface area contributed by atoms with Gasteiger partial charge in [0.25, 0.3) is 11.8 Å². The Balaban J connectivity index is 1.14. The Bertz CT molecular complexity index is 2010. The molecule has 0 radical (unpaired) electrons. The summed E-state index contributed by atoms with van der Waals surface area (Å²) in [6.45, 7) is 0. The molecule has 2 atom stereocenters. The number of aliphatic hydroxyl groups excluding tert-OH is 1. The molecule has 2 amide bonds. The average Bonchev–Trinajstić information content (AvgIpc) is 3.34. The van der Waals surface area contributed by atoms with E-state index in [1.807, 2.05) is 0 Å². The molecule has 0 spiro atoms. The second kappa shape index (κ2) is 17.7. The number of amides is 2. The van der Waals surface area contributed by atoms with Crippen LogP contribution in [0.4, 0.5) is 37.7 Å². The van der Waals surface area contributed by atoms with Gasteiger partial charge in [-0.3, -0.25) is 9.59 Å². The van der Waals surface area contributed by atoms with Crippen LogP contribution in [0.25, 0.3) is 0 Å². The third-order valence-electron chi connectivity index (χ3n) is 9.24. The third kappa shape index (κ3) is 10.1. The van der Waals surface area contributed by atoms with Gasteiger partial charge in [-0.25, -0.2) is 26.3 Å². The summed E-state index contributed by atoms with van der Waals surface area (Å²) in [5, 5.41) is 15.6. The number of hydrogen-bond donors (Lipinski definition) is 3. The van der Waals surface area contributed by atoms with E-state index in [2.05, 4.69) is 10.6 Å². The van der Waals surface area contributed by atoms with Crippen LogP contribution in [0.5, 0.6) is 5.75 Å². The Hall–Kier alpha value is -3.85. The fraction of sp³-hybridized carbons (Fsp3) is 0.333. The summed E-state index contributed by atoms with van der Waals surface area (Å²) in [5.74, 6) is -8.86. The number of rotatable bonds is 10. The maximum atomic E-state index is 15.7. The number of benzene rings is 4. The fourth-order valence-electron chi connectivity index (χ4n) is 6.44. The summed E-state index contributed by atoms with van der Waals surface area (Å²) in [7, 11) is 0. The first-order valence-electron chi connectivity index (χ1n) is 17.4. The number of ether oxygens (including phenoxy) is 1. The molecular weight excluding hydrogens is 774 g/mol. The molecule has 2 aliphatic rings. The van der Waals surface area contributed by atoms with E-state index in [-0.39, 0.29) is 43.6 Å². The van der Waals surface area contributed by atoms with Crippen LogP contribution in [0.1, 0.15) is 78.5 Å². The van der Waals surface area contributed by atoms with Crippen LogP contribution in [0.2, 0.25) is 5.02 Å². The molecule has 15 heteroatoms. The zero-order valence-corrected chi connectivity index (χ0v) is 31.0. The lowest BCUT2D eigenvalue weighted by atomic mass is 9.97. The first-order valence-corrected chi connectivity index (χ1v) is 19.5. The van der Waals surface area contributed by atoms with Crippen molar-refractivity contribution in [1.29, 1.82) is 0 Å². The molecule has 4 aromatic rings. The number of aliphatic hydroxyl groups is 1. The smallest absolute Gasteiger partial charge is 0.259 e. The Kier molecular flexibility index (Phi) is 13.1. The highest BCUT2D eigenvalue weighted by molar-refractivity contribution is 8.00. The van der Waals surface area contributed by atoms with Crippen LogP contribution >= 0.6 is 35.1 Å². The predicted octanol–water partition coefficient (Wildman–Crippen LogP) is 10.9. The van der Waals surface area contributed by atoms with E-state index in [9.17, 15) is 36.6 Å². The fourth-order valence-corrected chi connectivity index (χ4v) is 9.26. The summed E-state index contributed by atoms with van der Waals surface area (Å²) in [6.07, 6.45) is 4.92. The van der Waals surface area contributed by atoms with Crippen molar-refractivity contribution in [2.75, 3.05) is 10.6 Å². The average molecular weight is 809 g/mol. The van der Waals surface area contributed by atoms with Gasteiger partial charge in [0.05, 0.1) is 22.8 Å². The molecule has 2 saturated carbocycles. The zero-order chi connectivity index (χ0) is 38.5. The van der Waals surface area contributed by atoms with Gasteiger partial charge in [-0.1, -0.05) is 24.4 Å². The molecule has 54 heavy (non-hydrogen) atoms. The lowest BCUT2D eigenvalue weighted by molar-refractivity contribution is 0.101. The van der Waals surface area contributed by atoms with Crippen molar-refractivity contribution in [2.45, 2.75) is 90.3 Å². The first-order chi connectivity index (χ1) is 25.8. The Morgan fingerprint density at radius 3 is 2.06 bits per heavy atom. The molecule has 4 aromatic carbocycles. The molecule has 6 nitrogen and oxygen atoms in total. The van der Waals surface area contributed by atoms with Gasteiger partial charge in [-0.2, -0.15) is 0 Å². The van der Waals surface area contributed by atoms with Crippen molar-refractivity contribution < 1.29 is 45.8 Å². The first kappa shape index (κ1) is 39.8. The molecule has 0 bridgehead atoms. The van der Waals surface area contributed by atoms with Crippen LogP contribution in [0.15, 0.2) is 70.5 Å². The Morgan fingerprint density at radius 2 is 1.33 bits per heavy atom. The standard InChI is InChI=1S/C39H35ClF6N2O4S2/c40-28-11-5-20(38(50)47-21-6-12-29(41)30(42)14-21)13-35(28)53-25-9-7-24(8-10-25)52-34-19-31(43)36(54-26-4-2-1-3-23(49)17-26)18-27(34)39(51)48-22-15-32(44)37(46)33(45)16-22/h5-6,11-16,18-19,23-26,49H,1-4,7-10,17H2,(H,47,50)(H,48,51)/t23-,24?,25?,26?/m1/s1. The van der Waals surface area contributed by atoms with Gasteiger partial charge in [0.2, 0.25) is 0 Å². The summed E-state index contributed by atoms with van der Waals surface area (Å²) < 4.78 is 90.3. The Labute approximate surface area is 321 Å². The number of carbonyl (C=O) groups is 2. The number of nitrogens with one attached hydrogen (secondary N) is 2. The minimum Gasteiger partial charge on any atom is -0.489 e. The van der Waals surface area contributed by atoms with Crippen molar-refractivity contribution >= 4 is 58.3 Å². The highest BCUT2D eigenvalue weighted by atomic mass is 35.5. The molecule has 0 saturated heterocycles. The molecule has 6 rings (SSSR count). The molecule has 0 aromatic heterocycles. The van der Waals surface area contributed by atoms with Crippen LogP contribution in [-0.2, 0) is 0 Å². The van der Waals surface area contributed by atoms with Crippen molar-refractivity contribution in [1.82, 2.24) is 0 Å². The summed E-state index contributed by atoms with van der Waals surface area (Å²) in [4.78, 5) is 27.2. The van der Waals surface area contributed by atoms with Gasteiger partial charge >= 0.3 is 0 Å². The van der Waals surface area contributed by atoms with Crippen molar-refractivity contribution in [3.8, 4) is 5.75 Å². The van der Waals surface area contributed by atoms with E-state index in [0.717, 1.165) is 37.5 Å². The number of halogens is 7. The molecule has 3 N–H and O–H groups in total. The van der Waals surface area contributed by atoms with Gasteiger partial charge < -0.3 is 20.5 Å². The van der Waals surface area contributed by atoms with Gasteiger partial charge in [0, 0.05) is 61.5 Å². The molecule has 1 unspecified atom stereocenters. The zero-order valence-electron chi connectivity index (χ0n) is 28.6. The largest absolute Gasteiger partial charge is 0.489 e. The molecular formula is C39H35ClF6N2O4S2. The van der Waals surface area contributed by atoms with Crippen molar-refractivity contribution in [3.63, 3.8) is 0 Å². The molecule has 0 aliphatic heterocycles. The van der Waals surface area contributed by atoms with Gasteiger partial charge in [0.1, 0.15) is 11.6 Å². The maximum Gasteiger partial charge on any atom is 0.259 e. The molecule has 2 aliphatic carbocycles. The van der Waals surface area contributed by atoms with Crippen LogP contribution in [0.3, 0.4) is 0 Å². The number of anilines is 2. The number of hydrogen-bond acceptors (Lipinski definition) is 6. The molecule has 2 fully saturated rings. The van der Waals surface area contributed by atoms with Gasteiger partial charge in [0.15, 0.2) is 29.1 Å². The van der Waals surface area contributed by atoms with Crippen LogP contribution < -0.4 is 15.4 Å². The highest BCUT2D eigenvalue weighted by Gasteiger charge is 2.28. The molecule has 0 heterocycles. The van der Waals surface area contributed by atoms with E-state index in [4.69, 9.17) is 16.3 Å². The van der Waals surface area contributed by atoms with E-state index in [1.54, 1.807) is 12.1 Å². The van der Waals surface area contributed by atoms with Gasteiger partial charge in [-0.05, 0) is 81.3 Å². The second-order valence-corrected chi connectivity index (χ2v) is 16.4. The number of carbonyl (C=O) groups excluding carboxylic acids is 2. The monoisotopic (exact) mass is 808 g/mol. The maximum absolute atomic E-state index is 15.7. The lowest BCUT2D eigenvalue weighted by Crippen LogP contribution is -2.26. The predicted molar refractivity (Wildman–Crippen MR) is 198 cm³/mol. The number of thioether (sulfide) groups is 2. The van der Waals surface area contributed by atoms with Crippen LogP contribution in [-0.4, -0.2) is 39.6 Å².